The Morgan fingerprint density at radius 2 is 2.05 bits per heavy atom. The van der Waals surface area contributed by atoms with Crippen molar-refractivity contribution in [3.8, 4) is 0 Å². The lowest BCUT2D eigenvalue weighted by Crippen LogP contribution is -2.44. The fraction of sp³-hybridized carbons (Fsp3) is 0.429. The number of nitrogens with one attached hydrogen (secondary N) is 1. The maximum atomic E-state index is 12.1. The highest BCUT2D eigenvalue weighted by molar-refractivity contribution is 6.31. The van der Waals surface area contributed by atoms with Gasteiger partial charge in [0.05, 0.1) is 0 Å². The van der Waals surface area contributed by atoms with Crippen LogP contribution < -0.4 is 16.8 Å². The molecule has 0 aromatic heterocycles. The number of benzene rings is 1. The standard InChI is InChI=1S/C14H20ClN3O2/c1-9-5-6-10(8-11(9)15)14(20)18-12(13(17)19)4-2-3-7-16/h5-6,8,12H,2-4,7,16H2,1H3,(H2,17,19)(H,18,20). The fourth-order valence-corrected chi connectivity index (χ4v) is 1.93. The summed E-state index contributed by atoms with van der Waals surface area (Å²) in [6.45, 7) is 2.40. The molecule has 0 aliphatic heterocycles. The Kier molecular flexibility index (Phi) is 6.48. The first kappa shape index (κ1) is 16.5. The summed E-state index contributed by atoms with van der Waals surface area (Å²) >= 11 is 5.97. The number of hydrogen-bond donors (Lipinski definition) is 3. The van der Waals surface area contributed by atoms with Crippen LogP contribution in [0, 0.1) is 6.92 Å². The third-order valence-electron chi connectivity index (χ3n) is 3.03. The molecule has 0 spiro atoms. The van der Waals surface area contributed by atoms with Crippen molar-refractivity contribution in [3.05, 3.63) is 34.3 Å². The molecule has 1 aromatic rings. The maximum Gasteiger partial charge on any atom is 0.251 e. The second kappa shape index (κ2) is 7.87. The van der Waals surface area contributed by atoms with Gasteiger partial charge in [-0.15, -0.1) is 0 Å². The summed E-state index contributed by atoms with van der Waals surface area (Å²) in [5.74, 6) is -0.906. The van der Waals surface area contributed by atoms with Crippen molar-refractivity contribution in [3.63, 3.8) is 0 Å². The number of unbranched alkanes of at least 4 members (excludes halogenated alkanes) is 1. The molecule has 0 saturated heterocycles. The summed E-state index contributed by atoms with van der Waals surface area (Å²) in [5.41, 5.74) is 12.0. The van der Waals surface area contributed by atoms with E-state index < -0.39 is 11.9 Å². The van der Waals surface area contributed by atoms with Gasteiger partial charge in [-0.3, -0.25) is 9.59 Å². The van der Waals surface area contributed by atoms with Gasteiger partial charge in [-0.1, -0.05) is 17.7 Å². The molecule has 0 heterocycles. The number of primary amides is 1. The van der Waals surface area contributed by atoms with Gasteiger partial charge in [-0.25, -0.2) is 0 Å². The first-order valence-electron chi connectivity index (χ1n) is 6.52. The lowest BCUT2D eigenvalue weighted by Gasteiger charge is -2.15. The predicted octanol–water partition coefficient (Wildman–Crippen LogP) is 1.36. The van der Waals surface area contributed by atoms with Crippen LogP contribution in [0.2, 0.25) is 5.02 Å². The van der Waals surface area contributed by atoms with E-state index in [4.69, 9.17) is 23.1 Å². The Labute approximate surface area is 123 Å². The van der Waals surface area contributed by atoms with Crippen molar-refractivity contribution >= 4 is 23.4 Å². The second-order valence-corrected chi connectivity index (χ2v) is 5.08. The van der Waals surface area contributed by atoms with E-state index in [1.807, 2.05) is 6.92 Å². The van der Waals surface area contributed by atoms with Crippen LogP contribution in [0.25, 0.3) is 0 Å². The lowest BCUT2D eigenvalue weighted by molar-refractivity contribution is -0.120. The maximum absolute atomic E-state index is 12.1. The summed E-state index contributed by atoms with van der Waals surface area (Å²) < 4.78 is 0. The minimum absolute atomic E-state index is 0.358. The van der Waals surface area contributed by atoms with Crippen LogP contribution in [-0.2, 0) is 4.79 Å². The third kappa shape index (κ3) is 4.83. The number of halogens is 1. The number of aryl methyl sites for hydroxylation is 1. The molecule has 110 valence electrons. The quantitative estimate of drug-likeness (QED) is 0.663. The van der Waals surface area contributed by atoms with Crippen molar-refractivity contribution in [2.24, 2.45) is 11.5 Å². The van der Waals surface area contributed by atoms with E-state index in [2.05, 4.69) is 5.32 Å². The largest absolute Gasteiger partial charge is 0.368 e. The monoisotopic (exact) mass is 297 g/mol. The van der Waals surface area contributed by atoms with Gasteiger partial charge in [0.2, 0.25) is 5.91 Å². The number of carbonyl (C=O) groups excluding carboxylic acids is 2. The average Bonchev–Trinajstić information content (AvgIpc) is 2.40. The number of rotatable bonds is 7. The summed E-state index contributed by atoms with van der Waals surface area (Å²) in [6, 6.07) is 4.30. The van der Waals surface area contributed by atoms with E-state index >= 15 is 0 Å². The van der Waals surface area contributed by atoms with Gasteiger partial charge in [-0.2, -0.15) is 0 Å². The van der Waals surface area contributed by atoms with Gasteiger partial charge in [-0.05, 0) is 50.4 Å². The molecule has 0 fully saturated rings. The van der Waals surface area contributed by atoms with Gasteiger partial charge in [0, 0.05) is 10.6 Å². The minimum Gasteiger partial charge on any atom is -0.368 e. The van der Waals surface area contributed by atoms with Crippen molar-refractivity contribution in [2.45, 2.75) is 32.2 Å². The van der Waals surface area contributed by atoms with Crippen LogP contribution in [0.15, 0.2) is 18.2 Å². The molecule has 0 aliphatic rings. The lowest BCUT2D eigenvalue weighted by atomic mass is 10.1. The van der Waals surface area contributed by atoms with E-state index in [9.17, 15) is 9.59 Å². The smallest absolute Gasteiger partial charge is 0.251 e. The van der Waals surface area contributed by atoms with Crippen LogP contribution in [0.3, 0.4) is 0 Å². The molecule has 20 heavy (non-hydrogen) atoms. The van der Waals surface area contributed by atoms with E-state index in [0.717, 1.165) is 18.4 Å². The zero-order chi connectivity index (χ0) is 15.1. The summed E-state index contributed by atoms with van der Waals surface area (Å²) in [6.07, 6.45) is 2.01. The average molecular weight is 298 g/mol. The summed E-state index contributed by atoms with van der Waals surface area (Å²) in [4.78, 5) is 23.4. The highest BCUT2D eigenvalue weighted by Crippen LogP contribution is 2.16. The second-order valence-electron chi connectivity index (χ2n) is 4.68. The molecule has 1 atom stereocenters. The predicted molar refractivity (Wildman–Crippen MR) is 79.5 cm³/mol. The molecule has 1 aromatic carbocycles. The van der Waals surface area contributed by atoms with Gasteiger partial charge >= 0.3 is 0 Å². The van der Waals surface area contributed by atoms with Gasteiger partial charge < -0.3 is 16.8 Å². The van der Waals surface area contributed by atoms with Crippen molar-refractivity contribution < 1.29 is 9.59 Å². The number of nitrogens with two attached hydrogens (primary N) is 2. The normalized spacial score (nSPS) is 11.9. The molecular weight excluding hydrogens is 278 g/mol. The third-order valence-corrected chi connectivity index (χ3v) is 3.44. The molecule has 1 rings (SSSR count). The first-order chi connectivity index (χ1) is 9.45. The Morgan fingerprint density at radius 1 is 1.35 bits per heavy atom. The Morgan fingerprint density at radius 3 is 2.60 bits per heavy atom. The number of hydrogen-bond acceptors (Lipinski definition) is 3. The summed E-state index contributed by atoms with van der Waals surface area (Å²) in [7, 11) is 0. The van der Waals surface area contributed by atoms with E-state index in [1.54, 1.807) is 18.2 Å². The SMILES string of the molecule is Cc1ccc(C(=O)NC(CCCCN)C(N)=O)cc1Cl. The highest BCUT2D eigenvalue weighted by Gasteiger charge is 2.18. The van der Waals surface area contributed by atoms with Crippen LogP contribution in [0.1, 0.15) is 35.2 Å². The zero-order valence-electron chi connectivity index (χ0n) is 11.5. The van der Waals surface area contributed by atoms with Gasteiger partial charge in [0.15, 0.2) is 0 Å². The molecule has 0 bridgehead atoms. The Balaban J connectivity index is 2.69. The van der Waals surface area contributed by atoms with Gasteiger partial charge in [0.25, 0.3) is 5.91 Å². The van der Waals surface area contributed by atoms with Gasteiger partial charge in [0.1, 0.15) is 6.04 Å². The molecule has 6 heteroatoms. The van der Waals surface area contributed by atoms with Crippen LogP contribution in [-0.4, -0.2) is 24.4 Å². The van der Waals surface area contributed by atoms with Crippen molar-refractivity contribution in [1.29, 1.82) is 0 Å². The molecule has 5 N–H and O–H groups in total. The van der Waals surface area contributed by atoms with Crippen LogP contribution in [0.4, 0.5) is 0 Å². The zero-order valence-corrected chi connectivity index (χ0v) is 12.2. The number of amides is 2. The van der Waals surface area contributed by atoms with Crippen LogP contribution in [0.5, 0.6) is 0 Å². The van der Waals surface area contributed by atoms with E-state index in [-0.39, 0.29) is 5.91 Å². The molecule has 0 saturated carbocycles. The minimum atomic E-state index is -0.686. The summed E-state index contributed by atoms with van der Waals surface area (Å²) in [5, 5.41) is 3.14. The fourth-order valence-electron chi connectivity index (χ4n) is 1.75. The van der Waals surface area contributed by atoms with Crippen LogP contribution >= 0.6 is 11.6 Å². The molecule has 0 radical (unpaired) electrons. The van der Waals surface area contributed by atoms with Crippen molar-refractivity contribution in [1.82, 2.24) is 5.32 Å². The molecule has 1 unspecified atom stereocenters. The molecule has 2 amide bonds. The van der Waals surface area contributed by atoms with E-state index in [1.165, 1.54) is 0 Å². The Bertz CT molecular complexity index is 491. The number of carbonyl (C=O) groups is 2. The molecule has 5 nitrogen and oxygen atoms in total. The molecular formula is C14H20ClN3O2. The van der Waals surface area contributed by atoms with E-state index in [0.29, 0.717) is 23.6 Å². The highest BCUT2D eigenvalue weighted by atomic mass is 35.5. The molecule has 0 aliphatic carbocycles. The Hall–Kier alpha value is -1.59. The first-order valence-corrected chi connectivity index (χ1v) is 6.90. The van der Waals surface area contributed by atoms with Crippen molar-refractivity contribution in [2.75, 3.05) is 6.54 Å². The topological polar surface area (TPSA) is 98.2 Å².